The summed E-state index contributed by atoms with van der Waals surface area (Å²) in [5, 5.41) is 4.09. The SMILES string of the molecule is Cc1ccc(CC(=O)Nc2ccccc2-c2cn3c(n2)SCC3)cc1. The third-order valence-corrected chi connectivity index (χ3v) is 5.24. The highest BCUT2D eigenvalue weighted by atomic mass is 32.2. The van der Waals surface area contributed by atoms with Crippen LogP contribution >= 0.6 is 11.8 Å². The molecule has 25 heavy (non-hydrogen) atoms. The molecule has 3 aromatic rings. The number of para-hydroxylation sites is 1. The van der Waals surface area contributed by atoms with E-state index in [1.807, 2.05) is 55.5 Å². The van der Waals surface area contributed by atoms with Crippen molar-refractivity contribution in [3.05, 3.63) is 65.9 Å². The van der Waals surface area contributed by atoms with E-state index in [0.29, 0.717) is 6.42 Å². The highest BCUT2D eigenvalue weighted by Gasteiger charge is 2.17. The van der Waals surface area contributed by atoms with Crippen LogP contribution in [-0.2, 0) is 17.8 Å². The standard InChI is InChI=1S/C20H19N3OS/c1-14-6-8-15(9-7-14)12-19(24)21-17-5-3-2-4-16(17)18-13-23-10-11-25-20(23)22-18/h2-9,13H,10-12H2,1H3,(H,21,24). The predicted molar refractivity (Wildman–Crippen MR) is 102 cm³/mol. The molecule has 0 fully saturated rings. The van der Waals surface area contributed by atoms with Crippen LogP contribution in [0.3, 0.4) is 0 Å². The van der Waals surface area contributed by atoms with Crippen LogP contribution in [-0.4, -0.2) is 21.2 Å². The summed E-state index contributed by atoms with van der Waals surface area (Å²) in [6.07, 6.45) is 2.43. The van der Waals surface area contributed by atoms with E-state index in [2.05, 4.69) is 16.1 Å². The van der Waals surface area contributed by atoms with Gasteiger partial charge in [-0.15, -0.1) is 0 Å². The van der Waals surface area contributed by atoms with Crippen molar-refractivity contribution >= 4 is 23.4 Å². The third-order valence-electron chi connectivity index (χ3n) is 4.27. The number of benzene rings is 2. The van der Waals surface area contributed by atoms with Crippen molar-refractivity contribution in [3.8, 4) is 11.3 Å². The average Bonchev–Trinajstić information content (AvgIpc) is 3.19. The maximum atomic E-state index is 12.4. The summed E-state index contributed by atoms with van der Waals surface area (Å²) in [5.74, 6) is 1.06. The van der Waals surface area contributed by atoms with Gasteiger partial charge in [0.1, 0.15) is 0 Å². The molecule has 0 aliphatic carbocycles. The van der Waals surface area contributed by atoms with Crippen LogP contribution in [0.2, 0.25) is 0 Å². The van der Waals surface area contributed by atoms with Gasteiger partial charge in [-0.3, -0.25) is 4.79 Å². The zero-order chi connectivity index (χ0) is 17.2. The van der Waals surface area contributed by atoms with Crippen molar-refractivity contribution < 1.29 is 4.79 Å². The van der Waals surface area contributed by atoms with Crippen LogP contribution in [0.4, 0.5) is 5.69 Å². The number of fused-ring (bicyclic) bond motifs is 1. The molecule has 1 aliphatic rings. The summed E-state index contributed by atoms with van der Waals surface area (Å²) < 4.78 is 2.17. The second-order valence-corrected chi connectivity index (χ2v) is 7.27. The van der Waals surface area contributed by atoms with Gasteiger partial charge in [0.25, 0.3) is 0 Å². The van der Waals surface area contributed by atoms with Crippen molar-refractivity contribution in [1.82, 2.24) is 9.55 Å². The number of aryl methyl sites for hydroxylation is 2. The van der Waals surface area contributed by atoms with Crippen LogP contribution in [0.15, 0.2) is 59.9 Å². The number of nitrogens with one attached hydrogen (secondary N) is 1. The van der Waals surface area contributed by atoms with Gasteiger partial charge in [-0.05, 0) is 18.6 Å². The van der Waals surface area contributed by atoms with Crippen molar-refractivity contribution in [2.75, 3.05) is 11.1 Å². The largest absolute Gasteiger partial charge is 0.325 e. The minimum absolute atomic E-state index is 0.0163. The molecule has 0 saturated heterocycles. The fourth-order valence-corrected chi connectivity index (χ4v) is 3.88. The van der Waals surface area contributed by atoms with E-state index in [1.165, 1.54) is 5.56 Å². The Kier molecular flexibility index (Phi) is 4.32. The highest BCUT2D eigenvalue weighted by molar-refractivity contribution is 7.99. The first kappa shape index (κ1) is 16.0. The summed E-state index contributed by atoms with van der Waals surface area (Å²) >= 11 is 1.77. The quantitative estimate of drug-likeness (QED) is 0.770. The van der Waals surface area contributed by atoms with Gasteiger partial charge in [0.05, 0.1) is 17.8 Å². The van der Waals surface area contributed by atoms with Crippen molar-refractivity contribution in [2.24, 2.45) is 0 Å². The lowest BCUT2D eigenvalue weighted by molar-refractivity contribution is -0.115. The molecule has 1 aliphatic heterocycles. The zero-order valence-electron chi connectivity index (χ0n) is 14.0. The number of carbonyl (C=O) groups excluding carboxylic acids is 1. The summed E-state index contributed by atoms with van der Waals surface area (Å²) in [6, 6.07) is 15.9. The van der Waals surface area contributed by atoms with Crippen LogP contribution in [0.1, 0.15) is 11.1 Å². The summed E-state index contributed by atoms with van der Waals surface area (Å²) in [5.41, 5.74) is 4.88. The van der Waals surface area contributed by atoms with Crippen LogP contribution in [0.25, 0.3) is 11.3 Å². The highest BCUT2D eigenvalue weighted by Crippen LogP contribution is 2.32. The normalized spacial score (nSPS) is 12.8. The fraction of sp³-hybridized carbons (Fsp3) is 0.200. The van der Waals surface area contributed by atoms with Crippen molar-refractivity contribution in [1.29, 1.82) is 0 Å². The molecular formula is C20H19N3OS. The number of anilines is 1. The first-order chi connectivity index (χ1) is 12.2. The Hall–Kier alpha value is -2.53. The van der Waals surface area contributed by atoms with E-state index in [4.69, 9.17) is 4.98 Å². The molecule has 0 unspecified atom stereocenters. The van der Waals surface area contributed by atoms with E-state index in [0.717, 1.165) is 40.0 Å². The van der Waals surface area contributed by atoms with Crippen molar-refractivity contribution in [2.45, 2.75) is 25.0 Å². The number of hydrogen-bond donors (Lipinski definition) is 1. The van der Waals surface area contributed by atoms with Gasteiger partial charge in [0.2, 0.25) is 5.91 Å². The second kappa shape index (κ2) is 6.76. The maximum Gasteiger partial charge on any atom is 0.228 e. The number of aromatic nitrogens is 2. The molecule has 2 aromatic carbocycles. The minimum atomic E-state index is -0.0163. The molecule has 1 aromatic heterocycles. The molecule has 2 heterocycles. The Morgan fingerprint density at radius 2 is 2.00 bits per heavy atom. The second-order valence-electron chi connectivity index (χ2n) is 6.21. The fourth-order valence-electron chi connectivity index (χ4n) is 2.94. The molecule has 0 bridgehead atoms. The van der Waals surface area contributed by atoms with E-state index in [1.54, 1.807) is 11.8 Å². The zero-order valence-corrected chi connectivity index (χ0v) is 14.8. The molecule has 126 valence electrons. The smallest absolute Gasteiger partial charge is 0.228 e. The Morgan fingerprint density at radius 3 is 2.80 bits per heavy atom. The molecule has 0 radical (unpaired) electrons. The van der Waals surface area contributed by atoms with Crippen LogP contribution in [0, 0.1) is 6.92 Å². The van der Waals surface area contributed by atoms with Gasteiger partial charge in [0.15, 0.2) is 5.16 Å². The topological polar surface area (TPSA) is 46.9 Å². The lowest BCUT2D eigenvalue weighted by Gasteiger charge is -2.10. The molecule has 1 amide bonds. The number of nitrogens with zero attached hydrogens (tertiary/aromatic N) is 2. The van der Waals surface area contributed by atoms with Crippen LogP contribution in [0.5, 0.6) is 0 Å². The number of thioether (sulfide) groups is 1. The Balaban J connectivity index is 1.54. The third kappa shape index (κ3) is 3.46. The minimum Gasteiger partial charge on any atom is -0.325 e. The maximum absolute atomic E-state index is 12.4. The first-order valence-electron chi connectivity index (χ1n) is 8.34. The monoisotopic (exact) mass is 349 g/mol. The van der Waals surface area contributed by atoms with E-state index in [-0.39, 0.29) is 5.91 Å². The molecule has 0 spiro atoms. The summed E-state index contributed by atoms with van der Waals surface area (Å²) in [7, 11) is 0. The number of carbonyl (C=O) groups is 1. The van der Waals surface area contributed by atoms with Crippen LogP contribution < -0.4 is 5.32 Å². The van der Waals surface area contributed by atoms with E-state index < -0.39 is 0 Å². The van der Waals surface area contributed by atoms with Gasteiger partial charge in [-0.1, -0.05) is 59.8 Å². The Labute approximate surface area is 151 Å². The molecular weight excluding hydrogens is 330 g/mol. The predicted octanol–water partition coefficient (Wildman–Crippen LogP) is 4.15. The van der Waals surface area contributed by atoms with Gasteiger partial charge in [-0.25, -0.2) is 4.98 Å². The molecule has 0 saturated carbocycles. The van der Waals surface area contributed by atoms with Gasteiger partial charge >= 0.3 is 0 Å². The Morgan fingerprint density at radius 1 is 1.20 bits per heavy atom. The van der Waals surface area contributed by atoms with E-state index >= 15 is 0 Å². The molecule has 1 N–H and O–H groups in total. The van der Waals surface area contributed by atoms with E-state index in [9.17, 15) is 4.79 Å². The number of amides is 1. The van der Waals surface area contributed by atoms with Gasteiger partial charge in [0, 0.05) is 24.1 Å². The van der Waals surface area contributed by atoms with Gasteiger partial charge in [-0.2, -0.15) is 0 Å². The average molecular weight is 349 g/mol. The Bertz CT molecular complexity index is 893. The molecule has 4 rings (SSSR count). The molecule has 0 atom stereocenters. The lowest BCUT2D eigenvalue weighted by Crippen LogP contribution is -2.15. The van der Waals surface area contributed by atoms with Crippen molar-refractivity contribution in [3.63, 3.8) is 0 Å². The number of imidazole rings is 1. The summed E-state index contributed by atoms with van der Waals surface area (Å²) in [4.78, 5) is 17.1. The molecule has 4 nitrogen and oxygen atoms in total. The van der Waals surface area contributed by atoms with Gasteiger partial charge < -0.3 is 9.88 Å². The summed E-state index contributed by atoms with van der Waals surface area (Å²) in [6.45, 7) is 3.04. The lowest BCUT2D eigenvalue weighted by atomic mass is 10.1. The number of rotatable bonds is 4. The molecule has 5 heteroatoms. The number of hydrogen-bond acceptors (Lipinski definition) is 3. The first-order valence-corrected chi connectivity index (χ1v) is 9.32.